The fourth-order valence-corrected chi connectivity index (χ4v) is 1.78. The Labute approximate surface area is 81.2 Å². The summed E-state index contributed by atoms with van der Waals surface area (Å²) in [6, 6.07) is 0. The Balaban J connectivity index is 1.98. The first-order chi connectivity index (χ1) is 6.27. The lowest BCUT2D eigenvalue weighted by Crippen LogP contribution is -2.42. The Morgan fingerprint density at radius 1 is 1.08 bits per heavy atom. The van der Waals surface area contributed by atoms with Crippen molar-refractivity contribution in [3.63, 3.8) is 0 Å². The van der Waals surface area contributed by atoms with Crippen LogP contribution in [0.15, 0.2) is 0 Å². The molecule has 1 saturated heterocycles. The average molecular weight is 188 g/mol. The largest absolute Gasteiger partial charge is 0.379 e. The molecule has 1 rings (SSSR count). The normalized spacial score (nSPS) is 20.8. The predicted molar refractivity (Wildman–Crippen MR) is 52.5 cm³/mol. The van der Waals surface area contributed by atoms with Crippen molar-refractivity contribution in [3.8, 4) is 0 Å². The Kier molecular flexibility index (Phi) is 4.70. The van der Waals surface area contributed by atoms with Gasteiger partial charge in [-0.3, -0.25) is 0 Å². The van der Waals surface area contributed by atoms with Crippen LogP contribution in [-0.2, 0) is 9.47 Å². The molecule has 0 aromatic heterocycles. The minimum absolute atomic E-state index is 0.733. The van der Waals surface area contributed by atoms with Crippen molar-refractivity contribution in [1.29, 1.82) is 0 Å². The summed E-state index contributed by atoms with van der Waals surface area (Å²) in [6.07, 6.45) is 2.70. The zero-order valence-corrected chi connectivity index (χ0v) is 8.92. The highest BCUT2D eigenvalue weighted by molar-refractivity contribution is 4.48. The lowest BCUT2D eigenvalue weighted by Gasteiger charge is -2.28. The molecule has 0 saturated carbocycles. The van der Waals surface area contributed by atoms with E-state index in [1.807, 2.05) is 6.92 Å². The second-order valence-electron chi connectivity index (χ2n) is 4.01. The van der Waals surface area contributed by atoms with Gasteiger partial charge >= 0.3 is 0 Å². The van der Waals surface area contributed by atoms with Crippen molar-refractivity contribution in [3.05, 3.63) is 0 Å². The third-order valence-corrected chi connectivity index (χ3v) is 2.62. The van der Waals surface area contributed by atoms with Crippen molar-refractivity contribution in [2.75, 3.05) is 46.7 Å². The molecule has 0 radical (unpaired) electrons. The van der Waals surface area contributed by atoms with Crippen LogP contribution in [0.25, 0.3) is 0 Å². The first-order valence-electron chi connectivity index (χ1n) is 5.26. The van der Waals surface area contributed by atoms with Crippen molar-refractivity contribution in [2.24, 2.45) is 0 Å². The van der Waals surface area contributed by atoms with Crippen LogP contribution in [0.3, 0.4) is 0 Å². The van der Waals surface area contributed by atoms with E-state index in [0.717, 1.165) is 31.0 Å². The lowest BCUT2D eigenvalue weighted by molar-refractivity contribution is -0.916. The molecular weight excluding hydrogens is 166 g/mol. The number of rotatable bonds is 6. The Morgan fingerprint density at radius 2 is 1.69 bits per heavy atom. The monoisotopic (exact) mass is 188 g/mol. The van der Waals surface area contributed by atoms with Gasteiger partial charge in [0.2, 0.25) is 0 Å². The van der Waals surface area contributed by atoms with E-state index >= 15 is 0 Å². The smallest absolute Gasteiger partial charge is 0.183 e. The van der Waals surface area contributed by atoms with Crippen LogP contribution in [0.5, 0.6) is 0 Å². The first-order valence-corrected chi connectivity index (χ1v) is 5.26. The molecule has 3 heteroatoms. The van der Waals surface area contributed by atoms with Gasteiger partial charge in [0, 0.05) is 19.4 Å². The molecule has 0 aliphatic carbocycles. The molecule has 1 fully saturated rings. The number of quaternary nitrogens is 1. The SMILES string of the molecule is CCOCCOC[N+]1(C)CCCC1. The number of hydrogen-bond acceptors (Lipinski definition) is 2. The third kappa shape index (κ3) is 4.07. The molecule has 0 bridgehead atoms. The molecule has 78 valence electrons. The lowest BCUT2D eigenvalue weighted by atomic mass is 10.4. The number of likely N-dealkylation sites (tertiary alicyclic amines) is 1. The van der Waals surface area contributed by atoms with Crippen LogP contribution in [-0.4, -0.2) is 51.2 Å². The maximum absolute atomic E-state index is 5.57. The number of hydrogen-bond donors (Lipinski definition) is 0. The minimum Gasteiger partial charge on any atom is -0.379 e. The number of ether oxygens (including phenoxy) is 2. The van der Waals surface area contributed by atoms with E-state index in [1.54, 1.807) is 0 Å². The van der Waals surface area contributed by atoms with Gasteiger partial charge in [-0.1, -0.05) is 0 Å². The third-order valence-electron chi connectivity index (χ3n) is 2.62. The van der Waals surface area contributed by atoms with E-state index in [1.165, 1.54) is 25.9 Å². The topological polar surface area (TPSA) is 18.5 Å². The van der Waals surface area contributed by atoms with Gasteiger partial charge in [0.05, 0.1) is 33.4 Å². The summed E-state index contributed by atoms with van der Waals surface area (Å²) in [5.74, 6) is 0. The summed E-state index contributed by atoms with van der Waals surface area (Å²) in [4.78, 5) is 0. The summed E-state index contributed by atoms with van der Waals surface area (Å²) in [5, 5.41) is 0. The van der Waals surface area contributed by atoms with E-state index in [2.05, 4.69) is 7.05 Å². The summed E-state index contributed by atoms with van der Waals surface area (Å²) in [6.45, 7) is 7.67. The van der Waals surface area contributed by atoms with Crippen molar-refractivity contribution in [1.82, 2.24) is 0 Å². The van der Waals surface area contributed by atoms with Crippen molar-refractivity contribution >= 4 is 0 Å². The highest BCUT2D eigenvalue weighted by atomic mass is 16.5. The van der Waals surface area contributed by atoms with Gasteiger partial charge in [-0.2, -0.15) is 0 Å². The van der Waals surface area contributed by atoms with Crippen LogP contribution in [0.4, 0.5) is 0 Å². The van der Waals surface area contributed by atoms with Crippen LogP contribution in [0, 0.1) is 0 Å². The minimum atomic E-state index is 0.733. The standard InChI is InChI=1S/C10H22NO2/c1-3-12-8-9-13-10-11(2)6-4-5-7-11/h3-10H2,1-2H3/q+1. The molecule has 1 aliphatic heterocycles. The molecule has 0 spiro atoms. The van der Waals surface area contributed by atoms with E-state index in [9.17, 15) is 0 Å². The fourth-order valence-electron chi connectivity index (χ4n) is 1.78. The maximum atomic E-state index is 5.57. The highest BCUT2D eigenvalue weighted by Gasteiger charge is 2.26. The van der Waals surface area contributed by atoms with Gasteiger partial charge in [0.15, 0.2) is 6.73 Å². The molecular formula is C10H22NO2+. The molecule has 0 N–H and O–H groups in total. The van der Waals surface area contributed by atoms with Crippen LogP contribution in [0.2, 0.25) is 0 Å². The summed E-state index contributed by atoms with van der Waals surface area (Å²) >= 11 is 0. The van der Waals surface area contributed by atoms with Crippen molar-refractivity contribution in [2.45, 2.75) is 19.8 Å². The van der Waals surface area contributed by atoms with E-state index in [0.29, 0.717) is 0 Å². The predicted octanol–water partition coefficient (Wildman–Crippen LogP) is 1.24. The van der Waals surface area contributed by atoms with E-state index in [-0.39, 0.29) is 0 Å². The summed E-state index contributed by atoms with van der Waals surface area (Å²) in [7, 11) is 2.27. The fraction of sp³-hybridized carbons (Fsp3) is 1.00. The van der Waals surface area contributed by atoms with Crippen LogP contribution in [0.1, 0.15) is 19.8 Å². The van der Waals surface area contributed by atoms with Crippen LogP contribution < -0.4 is 0 Å². The van der Waals surface area contributed by atoms with Gasteiger partial charge in [-0.05, 0) is 6.92 Å². The molecule has 0 atom stereocenters. The molecule has 0 aromatic rings. The Hall–Kier alpha value is -0.120. The quantitative estimate of drug-likeness (QED) is 0.461. The van der Waals surface area contributed by atoms with E-state index < -0.39 is 0 Å². The molecule has 3 nitrogen and oxygen atoms in total. The van der Waals surface area contributed by atoms with Gasteiger partial charge in [-0.15, -0.1) is 0 Å². The highest BCUT2D eigenvalue weighted by Crippen LogP contribution is 2.15. The molecule has 1 aliphatic rings. The summed E-state index contributed by atoms with van der Waals surface area (Å²) in [5.41, 5.74) is 0. The maximum Gasteiger partial charge on any atom is 0.183 e. The zero-order valence-electron chi connectivity index (χ0n) is 8.92. The Morgan fingerprint density at radius 3 is 2.31 bits per heavy atom. The van der Waals surface area contributed by atoms with Gasteiger partial charge in [-0.25, -0.2) is 0 Å². The zero-order chi connectivity index (χ0) is 9.57. The molecule has 1 heterocycles. The Bertz CT molecular complexity index is 133. The van der Waals surface area contributed by atoms with Crippen LogP contribution >= 0.6 is 0 Å². The van der Waals surface area contributed by atoms with Gasteiger partial charge < -0.3 is 14.0 Å². The summed E-state index contributed by atoms with van der Waals surface area (Å²) < 4.78 is 11.9. The second-order valence-corrected chi connectivity index (χ2v) is 4.01. The van der Waals surface area contributed by atoms with E-state index in [4.69, 9.17) is 9.47 Å². The van der Waals surface area contributed by atoms with Crippen molar-refractivity contribution < 1.29 is 14.0 Å². The molecule has 13 heavy (non-hydrogen) atoms. The second kappa shape index (κ2) is 5.58. The molecule has 0 aromatic carbocycles. The van der Waals surface area contributed by atoms with Gasteiger partial charge in [0.1, 0.15) is 0 Å². The van der Waals surface area contributed by atoms with Gasteiger partial charge in [0.25, 0.3) is 0 Å². The molecule has 0 unspecified atom stereocenters. The first kappa shape index (κ1) is 11.0. The molecule has 0 amide bonds. The number of nitrogens with zero attached hydrogens (tertiary/aromatic N) is 1. The average Bonchev–Trinajstić information content (AvgIpc) is 2.53.